The molecule has 29 heavy (non-hydrogen) atoms. The number of alkyl halides is 1. The first-order valence-electron chi connectivity index (χ1n) is 8.83. The molecule has 0 spiro atoms. The van der Waals surface area contributed by atoms with Crippen LogP contribution >= 0.6 is 0 Å². The lowest BCUT2D eigenvalue weighted by Crippen LogP contribution is -2.48. The number of nitrogens with zero attached hydrogens (tertiary/aromatic N) is 1. The van der Waals surface area contributed by atoms with Crippen molar-refractivity contribution in [3.8, 4) is 0 Å². The average Bonchev–Trinajstić information content (AvgIpc) is 2.85. The van der Waals surface area contributed by atoms with E-state index in [9.17, 15) is 29.7 Å². The molecule has 10 heteroatoms. The number of aliphatic hydroxyl groups is 3. The summed E-state index contributed by atoms with van der Waals surface area (Å²) in [6, 6.07) is 4.28. The number of carbonyl (C=O) groups excluding carboxylic acids is 1. The Hall–Kier alpha value is -2.66. The van der Waals surface area contributed by atoms with Crippen LogP contribution in [0, 0.1) is 20.8 Å². The number of rotatable bonds is 4. The standard InChI is InChI=1S/C19H21FN2O7/c1-8-6-9(2)12(10(3)7-8)13(24)14(25)16-15(26)17(27)19(20,29-16)22-5-4-11(23)21-18(22)28/h4-7,14-17,25-27H,1-3H3,(H,21,23,28)/t14?,15-,16-,17-,19+/m1/s1. The lowest BCUT2D eigenvalue weighted by Gasteiger charge is -2.25. The summed E-state index contributed by atoms with van der Waals surface area (Å²) >= 11 is 0. The molecule has 2 heterocycles. The molecule has 1 aliphatic rings. The second kappa shape index (κ2) is 7.30. The first kappa shape index (κ1) is 21.1. The van der Waals surface area contributed by atoms with Crippen LogP contribution in [0.4, 0.5) is 4.39 Å². The number of Topliss-reactive ketones (excluding diaryl/α,β-unsaturated/α-hetero) is 1. The number of carbonyl (C=O) groups is 1. The Bertz CT molecular complexity index is 1060. The molecule has 156 valence electrons. The summed E-state index contributed by atoms with van der Waals surface area (Å²) in [6.45, 7) is 5.17. The van der Waals surface area contributed by atoms with Crippen LogP contribution in [-0.4, -0.2) is 55.1 Å². The molecular formula is C19H21FN2O7. The molecule has 1 fully saturated rings. The molecule has 0 aliphatic carbocycles. The highest BCUT2D eigenvalue weighted by molar-refractivity contribution is 6.02. The summed E-state index contributed by atoms with van der Waals surface area (Å²) in [4.78, 5) is 37.7. The lowest BCUT2D eigenvalue weighted by molar-refractivity contribution is -0.243. The van der Waals surface area contributed by atoms with Crippen LogP contribution in [0.5, 0.6) is 0 Å². The smallest absolute Gasteiger partial charge is 0.332 e. The quantitative estimate of drug-likeness (QED) is 0.495. The van der Waals surface area contributed by atoms with Crippen molar-refractivity contribution in [1.29, 1.82) is 0 Å². The number of benzene rings is 1. The number of nitrogens with one attached hydrogen (secondary N) is 1. The highest BCUT2D eigenvalue weighted by Gasteiger charge is 2.60. The number of aromatic amines is 1. The van der Waals surface area contributed by atoms with Crippen LogP contribution in [0.25, 0.3) is 0 Å². The number of hydrogen-bond donors (Lipinski definition) is 4. The molecule has 0 radical (unpaired) electrons. The van der Waals surface area contributed by atoms with E-state index in [4.69, 9.17) is 4.74 Å². The third kappa shape index (κ3) is 3.44. The van der Waals surface area contributed by atoms with Gasteiger partial charge in [-0.25, -0.2) is 9.36 Å². The summed E-state index contributed by atoms with van der Waals surface area (Å²) < 4.78 is 20.6. The summed E-state index contributed by atoms with van der Waals surface area (Å²) in [7, 11) is 0. The van der Waals surface area contributed by atoms with E-state index < -0.39 is 47.4 Å². The van der Waals surface area contributed by atoms with Crippen LogP contribution in [0.3, 0.4) is 0 Å². The van der Waals surface area contributed by atoms with Crippen molar-refractivity contribution in [3.63, 3.8) is 0 Å². The predicted octanol–water partition coefficient (Wildman–Crippen LogP) is -0.594. The molecule has 2 aromatic rings. The number of aryl methyl sites for hydroxylation is 3. The van der Waals surface area contributed by atoms with E-state index in [1.54, 1.807) is 31.0 Å². The van der Waals surface area contributed by atoms with Crippen molar-refractivity contribution in [2.45, 2.75) is 51.2 Å². The Balaban J connectivity index is 1.97. The number of ketones is 1. The van der Waals surface area contributed by atoms with E-state index in [0.29, 0.717) is 11.1 Å². The zero-order chi connectivity index (χ0) is 21.7. The van der Waals surface area contributed by atoms with Crippen LogP contribution in [-0.2, 0) is 10.7 Å². The molecule has 1 unspecified atom stereocenters. The second-order valence-corrected chi connectivity index (χ2v) is 7.19. The molecule has 1 aromatic heterocycles. The van der Waals surface area contributed by atoms with Gasteiger partial charge in [0.25, 0.3) is 5.56 Å². The average molecular weight is 408 g/mol. The number of aliphatic hydroxyl groups excluding tert-OH is 3. The first-order chi connectivity index (χ1) is 13.5. The number of hydrogen-bond acceptors (Lipinski definition) is 7. The highest BCUT2D eigenvalue weighted by Crippen LogP contribution is 2.38. The Morgan fingerprint density at radius 1 is 1.24 bits per heavy atom. The largest absolute Gasteiger partial charge is 0.387 e. The van der Waals surface area contributed by atoms with Gasteiger partial charge in [0.05, 0.1) is 0 Å². The topological polar surface area (TPSA) is 142 Å². The number of ether oxygens (including phenoxy) is 1. The van der Waals surface area contributed by atoms with Crippen molar-refractivity contribution in [2.24, 2.45) is 0 Å². The molecule has 1 saturated heterocycles. The first-order valence-corrected chi connectivity index (χ1v) is 8.83. The molecule has 5 atom stereocenters. The van der Waals surface area contributed by atoms with Gasteiger partial charge in [0.15, 0.2) is 11.9 Å². The Kier molecular flexibility index (Phi) is 5.30. The van der Waals surface area contributed by atoms with Crippen molar-refractivity contribution in [3.05, 3.63) is 67.5 Å². The van der Waals surface area contributed by atoms with E-state index in [1.807, 2.05) is 6.92 Å². The van der Waals surface area contributed by atoms with Crippen molar-refractivity contribution >= 4 is 5.78 Å². The Morgan fingerprint density at radius 3 is 2.38 bits per heavy atom. The number of H-pyrrole nitrogens is 1. The van der Waals surface area contributed by atoms with Gasteiger partial charge in [-0.1, -0.05) is 17.7 Å². The maximum absolute atomic E-state index is 15.4. The minimum absolute atomic E-state index is 0.186. The molecule has 4 N–H and O–H groups in total. The SMILES string of the molecule is Cc1cc(C)c(C(=O)C(O)[C@H]2O[C@@](F)(n3ccc(=O)[nH]c3=O)[C@H](O)[C@@H]2O)c(C)c1. The molecule has 1 aliphatic heterocycles. The number of aromatic nitrogens is 2. The Labute approximate surface area is 164 Å². The van der Waals surface area contributed by atoms with Gasteiger partial charge < -0.3 is 20.1 Å². The molecule has 0 amide bonds. The predicted molar refractivity (Wildman–Crippen MR) is 98.3 cm³/mol. The van der Waals surface area contributed by atoms with Gasteiger partial charge in [-0.05, 0) is 31.9 Å². The normalized spacial score (nSPS) is 27.8. The monoisotopic (exact) mass is 408 g/mol. The van der Waals surface area contributed by atoms with Crippen LogP contribution in [0.1, 0.15) is 27.0 Å². The minimum Gasteiger partial charge on any atom is -0.387 e. The van der Waals surface area contributed by atoms with Crippen molar-refractivity contribution in [2.75, 3.05) is 0 Å². The van der Waals surface area contributed by atoms with Gasteiger partial charge in [0.2, 0.25) is 0 Å². The number of halogens is 1. The fourth-order valence-electron chi connectivity index (χ4n) is 3.69. The maximum Gasteiger partial charge on any atom is 0.332 e. The van der Waals surface area contributed by atoms with E-state index in [1.165, 1.54) is 0 Å². The van der Waals surface area contributed by atoms with Gasteiger partial charge in [0.1, 0.15) is 18.3 Å². The molecule has 9 nitrogen and oxygen atoms in total. The zero-order valence-electron chi connectivity index (χ0n) is 15.9. The third-order valence-corrected chi connectivity index (χ3v) is 4.98. The van der Waals surface area contributed by atoms with Crippen LogP contribution < -0.4 is 11.2 Å². The lowest BCUT2D eigenvalue weighted by atomic mass is 9.91. The van der Waals surface area contributed by atoms with Gasteiger partial charge in [-0.15, -0.1) is 0 Å². The van der Waals surface area contributed by atoms with Gasteiger partial charge in [0, 0.05) is 17.8 Å². The molecular weight excluding hydrogens is 387 g/mol. The summed E-state index contributed by atoms with van der Waals surface area (Å²) in [5.74, 6) is -4.13. The van der Waals surface area contributed by atoms with Gasteiger partial charge >= 0.3 is 11.7 Å². The Morgan fingerprint density at radius 2 is 1.83 bits per heavy atom. The molecule has 1 aromatic carbocycles. The summed E-state index contributed by atoms with van der Waals surface area (Å²) in [5.41, 5.74) is 0.189. The summed E-state index contributed by atoms with van der Waals surface area (Å²) in [6.07, 6.45) is -7.47. The van der Waals surface area contributed by atoms with E-state index >= 15 is 4.39 Å². The van der Waals surface area contributed by atoms with Crippen LogP contribution in [0.15, 0.2) is 34.0 Å². The van der Waals surface area contributed by atoms with Crippen molar-refractivity contribution < 1.29 is 29.2 Å². The second-order valence-electron chi connectivity index (χ2n) is 7.19. The maximum atomic E-state index is 15.4. The van der Waals surface area contributed by atoms with Gasteiger partial charge in [-0.2, -0.15) is 4.39 Å². The third-order valence-electron chi connectivity index (χ3n) is 4.98. The minimum atomic E-state index is -3.30. The summed E-state index contributed by atoms with van der Waals surface area (Å²) in [5, 5.41) is 30.9. The fourth-order valence-corrected chi connectivity index (χ4v) is 3.69. The fraction of sp³-hybridized carbons (Fsp3) is 0.421. The van der Waals surface area contributed by atoms with Crippen LogP contribution in [0.2, 0.25) is 0 Å². The molecule has 3 rings (SSSR count). The van der Waals surface area contributed by atoms with E-state index in [2.05, 4.69) is 0 Å². The molecule has 0 bridgehead atoms. The zero-order valence-corrected chi connectivity index (χ0v) is 15.9. The van der Waals surface area contributed by atoms with Crippen molar-refractivity contribution in [1.82, 2.24) is 9.55 Å². The van der Waals surface area contributed by atoms with E-state index in [0.717, 1.165) is 17.8 Å². The van der Waals surface area contributed by atoms with Gasteiger partial charge in [-0.3, -0.25) is 14.6 Å². The van der Waals surface area contributed by atoms with E-state index in [-0.39, 0.29) is 10.1 Å². The molecule has 0 saturated carbocycles. The highest BCUT2D eigenvalue weighted by atomic mass is 19.2.